The third-order valence-corrected chi connectivity index (χ3v) is 3.92. The van der Waals surface area contributed by atoms with Crippen LogP contribution in [0.25, 0.3) is 11.4 Å². The van der Waals surface area contributed by atoms with Gasteiger partial charge in [-0.1, -0.05) is 6.07 Å². The molecule has 0 bridgehead atoms. The van der Waals surface area contributed by atoms with Crippen LogP contribution in [-0.4, -0.2) is 26.6 Å². The zero-order chi connectivity index (χ0) is 19.0. The molecule has 1 N–H and O–H groups in total. The molecular weight excluding hydrogens is 344 g/mol. The first-order valence-electron chi connectivity index (χ1n) is 8.50. The fraction of sp³-hybridized carbons (Fsp3) is 0.200. The molecule has 4 rings (SSSR count). The second-order valence-electron chi connectivity index (χ2n) is 6.65. The molecule has 1 aliphatic heterocycles. The normalized spacial score (nSPS) is 14.0. The second-order valence-corrected chi connectivity index (χ2v) is 6.65. The van der Waals surface area contributed by atoms with E-state index in [1.54, 1.807) is 24.4 Å². The molecule has 3 aromatic rings. The molecule has 0 spiro atoms. The van der Waals surface area contributed by atoms with Crippen molar-refractivity contribution >= 4 is 11.9 Å². The first kappa shape index (κ1) is 17.0. The minimum atomic E-state index is -0.741. The number of hydrogen-bond acceptors (Lipinski definition) is 6. The number of amides is 1. The maximum atomic E-state index is 12.6. The van der Waals surface area contributed by atoms with Gasteiger partial charge in [-0.15, -0.1) is 0 Å². The average molecular weight is 362 g/mol. The highest BCUT2D eigenvalue weighted by Gasteiger charge is 2.32. The fourth-order valence-electron chi connectivity index (χ4n) is 2.81. The highest BCUT2D eigenvalue weighted by Crippen LogP contribution is 2.39. The van der Waals surface area contributed by atoms with Gasteiger partial charge in [0.2, 0.25) is 11.7 Å². The minimum absolute atomic E-state index is 0.221. The Morgan fingerprint density at radius 1 is 1.00 bits per heavy atom. The molecule has 7 nitrogen and oxygen atoms in total. The summed E-state index contributed by atoms with van der Waals surface area (Å²) in [5, 5.41) is 2.74. The molecule has 136 valence electrons. The number of benzene rings is 1. The molecule has 0 atom stereocenters. The molecule has 0 aliphatic carbocycles. The highest BCUT2D eigenvalue weighted by atomic mass is 16.7. The molecule has 0 fully saturated rings. The number of aryl methyl sites for hydroxylation is 1. The van der Waals surface area contributed by atoms with Gasteiger partial charge in [0.15, 0.2) is 11.5 Å². The highest BCUT2D eigenvalue weighted by molar-refractivity contribution is 6.03. The van der Waals surface area contributed by atoms with Gasteiger partial charge in [-0.2, -0.15) is 0 Å². The van der Waals surface area contributed by atoms with Gasteiger partial charge in [-0.3, -0.25) is 15.1 Å². The van der Waals surface area contributed by atoms with Gasteiger partial charge in [-0.25, -0.2) is 9.97 Å². The number of carbonyl (C=O) groups excluding carboxylic acids is 1. The number of nitrogens with one attached hydrogen (secondary N) is 1. The summed E-state index contributed by atoms with van der Waals surface area (Å²) in [4.78, 5) is 25.6. The van der Waals surface area contributed by atoms with Gasteiger partial charge in [0.05, 0.1) is 11.4 Å². The Bertz CT molecular complexity index is 1020. The van der Waals surface area contributed by atoms with E-state index >= 15 is 0 Å². The molecule has 0 saturated carbocycles. The monoisotopic (exact) mass is 362 g/mol. The molecule has 1 amide bonds. The van der Waals surface area contributed by atoms with E-state index in [-0.39, 0.29) is 11.9 Å². The Labute approximate surface area is 156 Å². The summed E-state index contributed by atoms with van der Waals surface area (Å²) in [6.07, 6.45) is 1.69. The van der Waals surface area contributed by atoms with Crippen molar-refractivity contribution in [3.63, 3.8) is 0 Å². The summed E-state index contributed by atoms with van der Waals surface area (Å²) in [6, 6.07) is 12.4. The maximum Gasteiger partial charge on any atom is 0.258 e. The third kappa shape index (κ3) is 3.57. The van der Waals surface area contributed by atoms with Crippen molar-refractivity contribution in [3.8, 4) is 22.9 Å². The topological polar surface area (TPSA) is 86.2 Å². The van der Waals surface area contributed by atoms with E-state index in [9.17, 15) is 4.79 Å². The van der Waals surface area contributed by atoms with Crippen LogP contribution in [-0.2, 0) is 0 Å². The fourth-order valence-corrected chi connectivity index (χ4v) is 2.81. The Morgan fingerprint density at radius 3 is 2.59 bits per heavy atom. The quantitative estimate of drug-likeness (QED) is 0.766. The summed E-state index contributed by atoms with van der Waals surface area (Å²) in [5.74, 6) is 0.296. The van der Waals surface area contributed by atoms with E-state index in [4.69, 9.17) is 9.47 Å². The van der Waals surface area contributed by atoms with E-state index in [1.165, 1.54) is 0 Å². The largest absolute Gasteiger partial charge is 0.449 e. The smallest absolute Gasteiger partial charge is 0.258 e. The van der Waals surface area contributed by atoms with Gasteiger partial charge < -0.3 is 9.47 Å². The number of anilines is 1. The summed E-state index contributed by atoms with van der Waals surface area (Å²) in [6.45, 7) is 5.46. The Kier molecular flexibility index (Phi) is 3.99. The van der Waals surface area contributed by atoms with Crippen LogP contribution in [0.3, 0.4) is 0 Å². The lowest BCUT2D eigenvalue weighted by molar-refractivity contribution is -0.0431. The van der Waals surface area contributed by atoms with Crippen molar-refractivity contribution in [3.05, 3.63) is 59.9 Å². The molecule has 1 aliphatic rings. The van der Waals surface area contributed by atoms with Crippen LogP contribution in [0.15, 0.2) is 48.7 Å². The average Bonchev–Trinajstić information content (AvgIpc) is 2.94. The predicted molar refractivity (Wildman–Crippen MR) is 99.7 cm³/mol. The number of rotatable bonds is 3. The minimum Gasteiger partial charge on any atom is -0.449 e. The summed E-state index contributed by atoms with van der Waals surface area (Å²) in [7, 11) is 0. The molecular formula is C20H18N4O3. The van der Waals surface area contributed by atoms with Crippen LogP contribution in [0.1, 0.15) is 29.9 Å². The molecule has 2 aromatic heterocycles. The van der Waals surface area contributed by atoms with E-state index in [0.29, 0.717) is 28.5 Å². The Hall–Kier alpha value is -3.48. The zero-order valence-electron chi connectivity index (χ0n) is 15.2. The first-order chi connectivity index (χ1) is 12.9. The standard InChI is InChI=1S/C20H18N4O3/c1-12-10-15(14-6-4-5-9-21-14)23-19(22-12)24-18(25)13-7-8-16-17(11-13)27-20(2,3)26-16/h4-11H,1-3H3,(H,22,23,24,25). The van der Waals surface area contributed by atoms with Gasteiger partial charge in [0, 0.05) is 31.3 Å². The summed E-state index contributed by atoms with van der Waals surface area (Å²) < 4.78 is 11.3. The van der Waals surface area contributed by atoms with Crippen LogP contribution < -0.4 is 14.8 Å². The number of carbonyl (C=O) groups is 1. The lowest BCUT2D eigenvalue weighted by atomic mass is 10.2. The van der Waals surface area contributed by atoms with E-state index in [1.807, 2.05) is 45.0 Å². The van der Waals surface area contributed by atoms with Crippen molar-refractivity contribution in [1.82, 2.24) is 15.0 Å². The molecule has 3 heterocycles. The van der Waals surface area contributed by atoms with Crippen LogP contribution in [0.5, 0.6) is 11.5 Å². The number of ether oxygens (including phenoxy) is 2. The van der Waals surface area contributed by atoms with Crippen LogP contribution in [0, 0.1) is 6.92 Å². The lowest BCUT2D eigenvalue weighted by Gasteiger charge is -2.16. The SMILES string of the molecule is Cc1cc(-c2ccccn2)nc(NC(=O)c2ccc3c(c2)OC(C)(C)O3)n1. The van der Waals surface area contributed by atoms with Gasteiger partial charge in [0.25, 0.3) is 5.91 Å². The van der Waals surface area contributed by atoms with Crippen molar-refractivity contribution < 1.29 is 14.3 Å². The van der Waals surface area contributed by atoms with E-state index in [2.05, 4.69) is 20.3 Å². The Balaban J connectivity index is 1.58. The van der Waals surface area contributed by atoms with Crippen LogP contribution in [0.2, 0.25) is 0 Å². The Morgan fingerprint density at radius 2 is 1.81 bits per heavy atom. The third-order valence-electron chi connectivity index (χ3n) is 3.92. The van der Waals surface area contributed by atoms with Crippen LogP contribution in [0.4, 0.5) is 5.95 Å². The lowest BCUT2D eigenvalue weighted by Crippen LogP contribution is -2.29. The molecule has 7 heteroatoms. The number of nitrogens with zero attached hydrogens (tertiary/aromatic N) is 3. The number of pyridine rings is 1. The van der Waals surface area contributed by atoms with Crippen molar-refractivity contribution in [2.45, 2.75) is 26.6 Å². The zero-order valence-corrected chi connectivity index (χ0v) is 15.2. The summed E-state index contributed by atoms with van der Waals surface area (Å²) >= 11 is 0. The number of aromatic nitrogens is 3. The van der Waals surface area contributed by atoms with Crippen molar-refractivity contribution in [2.75, 3.05) is 5.32 Å². The molecule has 0 unspecified atom stereocenters. The van der Waals surface area contributed by atoms with Crippen molar-refractivity contribution in [2.24, 2.45) is 0 Å². The van der Waals surface area contributed by atoms with Gasteiger partial charge >= 0.3 is 0 Å². The first-order valence-corrected chi connectivity index (χ1v) is 8.50. The molecule has 1 aromatic carbocycles. The maximum absolute atomic E-state index is 12.6. The van der Waals surface area contributed by atoms with Crippen LogP contribution >= 0.6 is 0 Å². The van der Waals surface area contributed by atoms with Crippen molar-refractivity contribution in [1.29, 1.82) is 0 Å². The van der Waals surface area contributed by atoms with E-state index in [0.717, 1.165) is 5.69 Å². The summed E-state index contributed by atoms with van der Waals surface area (Å²) in [5.41, 5.74) is 2.52. The van der Waals surface area contributed by atoms with Gasteiger partial charge in [0.1, 0.15) is 0 Å². The molecule has 0 radical (unpaired) electrons. The molecule has 0 saturated heterocycles. The predicted octanol–water partition coefficient (Wildman–Crippen LogP) is 3.61. The van der Waals surface area contributed by atoms with Gasteiger partial charge in [-0.05, 0) is 43.3 Å². The molecule has 27 heavy (non-hydrogen) atoms. The number of fused-ring (bicyclic) bond motifs is 1. The van der Waals surface area contributed by atoms with E-state index < -0.39 is 5.79 Å². The number of hydrogen-bond donors (Lipinski definition) is 1. The second kappa shape index (κ2) is 6.35.